The Labute approximate surface area is 157 Å². The lowest BCUT2D eigenvalue weighted by atomic mass is 10.3. The number of hydrogen-bond acceptors (Lipinski definition) is 7. The molecule has 1 unspecified atom stereocenters. The summed E-state index contributed by atoms with van der Waals surface area (Å²) in [4.78, 5) is 12.1. The molecule has 0 heterocycles. The van der Waals surface area contributed by atoms with Crippen molar-refractivity contribution in [3.63, 3.8) is 0 Å². The quantitative estimate of drug-likeness (QED) is 0.237. The van der Waals surface area contributed by atoms with Crippen molar-refractivity contribution in [2.24, 2.45) is 11.5 Å². The van der Waals surface area contributed by atoms with E-state index in [9.17, 15) is 9.00 Å². The number of rotatable bonds is 14. The molecule has 0 bridgehead atoms. The van der Waals surface area contributed by atoms with E-state index in [0.717, 1.165) is 48.7 Å². The van der Waals surface area contributed by atoms with E-state index < -0.39 is 28.0 Å². The molecule has 0 aromatic rings. The highest BCUT2D eigenvalue weighted by Crippen LogP contribution is 2.11. The van der Waals surface area contributed by atoms with Crippen LogP contribution < -0.4 is 11.5 Å². The van der Waals surface area contributed by atoms with Crippen molar-refractivity contribution in [2.75, 3.05) is 23.0 Å². The first-order chi connectivity index (χ1) is 11.5. The van der Waals surface area contributed by atoms with Crippen molar-refractivity contribution in [3.05, 3.63) is 0 Å². The zero-order valence-corrected chi connectivity index (χ0v) is 17.4. The molecule has 5 nitrogen and oxygen atoms in total. The van der Waals surface area contributed by atoms with Crippen LogP contribution in [-0.4, -0.2) is 49.5 Å². The Morgan fingerprint density at radius 3 is 1.88 bits per heavy atom. The van der Waals surface area contributed by atoms with Gasteiger partial charge in [0.25, 0.3) is 0 Å². The Morgan fingerprint density at radius 2 is 1.42 bits per heavy atom. The molecule has 3 atom stereocenters. The molecular weight excluding hydrogens is 362 g/mol. The third-order valence-electron chi connectivity index (χ3n) is 3.45. The van der Waals surface area contributed by atoms with Crippen LogP contribution in [0.1, 0.15) is 52.4 Å². The highest BCUT2D eigenvalue weighted by Gasteiger charge is 2.26. The molecule has 0 amide bonds. The SMILES string of the molecule is CCCCSCC[C@H](N)C(=N)S(=O)C(=O)[C@@H](N)CCSCCCC. The predicted octanol–water partition coefficient (Wildman–Crippen LogP) is 2.74. The minimum atomic E-state index is -2.01. The second kappa shape index (κ2) is 15.4. The first-order valence-electron chi connectivity index (χ1n) is 8.66. The molecule has 0 radical (unpaired) electrons. The lowest BCUT2D eigenvalue weighted by Crippen LogP contribution is -2.41. The van der Waals surface area contributed by atoms with Crippen LogP contribution in [0.15, 0.2) is 0 Å². The third-order valence-corrected chi connectivity index (χ3v) is 7.03. The van der Waals surface area contributed by atoms with Gasteiger partial charge >= 0.3 is 0 Å². The zero-order valence-electron chi connectivity index (χ0n) is 14.9. The van der Waals surface area contributed by atoms with E-state index in [2.05, 4.69) is 13.8 Å². The minimum absolute atomic E-state index is 0.190. The first kappa shape index (κ1) is 24.1. The third kappa shape index (κ3) is 10.9. The van der Waals surface area contributed by atoms with Gasteiger partial charge in [0.05, 0.1) is 12.1 Å². The highest BCUT2D eigenvalue weighted by atomic mass is 32.2. The van der Waals surface area contributed by atoms with Gasteiger partial charge in [0.2, 0.25) is 5.12 Å². The molecule has 0 aliphatic carbocycles. The van der Waals surface area contributed by atoms with Crippen molar-refractivity contribution in [1.29, 1.82) is 5.41 Å². The molecule has 0 aliphatic rings. The summed E-state index contributed by atoms with van der Waals surface area (Å²) in [6.45, 7) is 4.28. The standard InChI is InChI=1S/C16H33N3O2S3/c1-3-5-9-22-11-7-13(17)15(19)24(21)16(20)14(18)8-12-23-10-6-4-2/h13-14,19H,3-12,17-18H2,1-2H3/t13-,14-,24?/m0/s1. The predicted molar refractivity (Wildman–Crippen MR) is 111 cm³/mol. The number of unbranched alkanes of at least 4 members (excludes halogenated alkanes) is 2. The maximum absolute atomic E-state index is 12.2. The van der Waals surface area contributed by atoms with Gasteiger partial charge in [-0.3, -0.25) is 10.2 Å². The lowest BCUT2D eigenvalue weighted by Gasteiger charge is -2.14. The zero-order chi connectivity index (χ0) is 18.4. The molecule has 0 spiro atoms. The number of thioether (sulfide) groups is 2. The maximum atomic E-state index is 12.2. The molecule has 142 valence electrons. The maximum Gasteiger partial charge on any atom is 0.241 e. The van der Waals surface area contributed by atoms with Crippen LogP contribution in [0.4, 0.5) is 0 Å². The van der Waals surface area contributed by atoms with Gasteiger partial charge < -0.3 is 11.5 Å². The fourth-order valence-corrected chi connectivity index (χ4v) is 4.99. The monoisotopic (exact) mass is 395 g/mol. The average molecular weight is 396 g/mol. The van der Waals surface area contributed by atoms with E-state index in [1.165, 1.54) is 0 Å². The fraction of sp³-hybridized carbons (Fsp3) is 0.875. The van der Waals surface area contributed by atoms with Crippen molar-refractivity contribution < 1.29 is 9.00 Å². The Kier molecular flexibility index (Phi) is 15.4. The Morgan fingerprint density at radius 1 is 0.958 bits per heavy atom. The van der Waals surface area contributed by atoms with E-state index >= 15 is 0 Å². The summed E-state index contributed by atoms with van der Waals surface area (Å²) in [5, 5.41) is 7.14. The molecule has 24 heavy (non-hydrogen) atoms. The van der Waals surface area contributed by atoms with Crippen LogP contribution in [0.2, 0.25) is 0 Å². The van der Waals surface area contributed by atoms with Gasteiger partial charge in [0, 0.05) is 0 Å². The first-order valence-corrected chi connectivity index (χ1v) is 12.1. The summed E-state index contributed by atoms with van der Waals surface area (Å²) in [7, 11) is -2.01. The van der Waals surface area contributed by atoms with Crippen LogP contribution in [0.5, 0.6) is 0 Å². The second-order valence-corrected chi connectivity index (χ2v) is 9.50. The van der Waals surface area contributed by atoms with Crippen LogP contribution in [-0.2, 0) is 15.6 Å². The molecule has 0 aromatic heterocycles. The van der Waals surface area contributed by atoms with Crippen LogP contribution >= 0.6 is 23.5 Å². The van der Waals surface area contributed by atoms with Crippen LogP contribution in [0, 0.1) is 5.41 Å². The smallest absolute Gasteiger partial charge is 0.241 e. The van der Waals surface area contributed by atoms with Gasteiger partial charge in [-0.1, -0.05) is 26.7 Å². The molecule has 5 N–H and O–H groups in total. The second-order valence-electron chi connectivity index (χ2n) is 5.67. The number of hydrogen-bond donors (Lipinski definition) is 3. The average Bonchev–Trinajstić information content (AvgIpc) is 2.58. The van der Waals surface area contributed by atoms with Gasteiger partial charge in [-0.05, 0) is 48.7 Å². The van der Waals surface area contributed by atoms with Crippen LogP contribution in [0.25, 0.3) is 0 Å². The summed E-state index contributed by atoms with van der Waals surface area (Å²) in [5.41, 5.74) is 11.7. The summed E-state index contributed by atoms with van der Waals surface area (Å²) < 4.78 is 12.2. The Balaban J connectivity index is 4.10. The Bertz CT molecular complexity index is 361. The summed E-state index contributed by atoms with van der Waals surface area (Å²) in [6, 6.07) is -1.40. The number of nitrogens with two attached hydrogens (primary N) is 2. The Hall–Kier alpha value is 0.110. The van der Waals surface area contributed by atoms with Gasteiger partial charge in [0.1, 0.15) is 15.8 Å². The fourth-order valence-electron chi connectivity index (χ4n) is 1.75. The van der Waals surface area contributed by atoms with Crippen molar-refractivity contribution in [1.82, 2.24) is 0 Å². The van der Waals surface area contributed by atoms with Crippen LogP contribution in [0.3, 0.4) is 0 Å². The van der Waals surface area contributed by atoms with E-state index in [1.54, 1.807) is 23.5 Å². The summed E-state index contributed by atoms with van der Waals surface area (Å²) in [5.74, 6) is 3.71. The number of nitrogens with one attached hydrogen (secondary N) is 1. The van der Waals surface area contributed by atoms with Gasteiger partial charge in [-0.15, -0.1) is 0 Å². The van der Waals surface area contributed by atoms with Crippen molar-refractivity contribution >= 4 is 44.5 Å². The van der Waals surface area contributed by atoms with Gasteiger partial charge in [-0.2, -0.15) is 23.5 Å². The highest BCUT2D eigenvalue weighted by molar-refractivity contribution is 8.13. The molecule has 0 aliphatic heterocycles. The molecule has 0 aromatic carbocycles. The number of carbonyl (C=O) groups excluding carboxylic acids is 1. The molecular formula is C16H33N3O2S3. The molecule has 0 saturated heterocycles. The molecule has 0 rings (SSSR count). The summed E-state index contributed by atoms with van der Waals surface area (Å²) >= 11 is 3.53. The lowest BCUT2D eigenvalue weighted by molar-refractivity contribution is -0.112. The van der Waals surface area contributed by atoms with Crippen molar-refractivity contribution in [3.8, 4) is 0 Å². The van der Waals surface area contributed by atoms with E-state index in [4.69, 9.17) is 16.9 Å². The molecule has 0 fully saturated rings. The van der Waals surface area contributed by atoms with E-state index in [1.807, 2.05) is 0 Å². The largest absolute Gasteiger partial charge is 0.322 e. The van der Waals surface area contributed by atoms with E-state index in [-0.39, 0.29) is 5.04 Å². The van der Waals surface area contributed by atoms with E-state index in [0.29, 0.717) is 12.8 Å². The molecule has 0 saturated carbocycles. The van der Waals surface area contributed by atoms with Gasteiger partial charge in [-0.25, -0.2) is 4.21 Å². The molecule has 8 heteroatoms. The van der Waals surface area contributed by atoms with Crippen molar-refractivity contribution in [2.45, 2.75) is 64.5 Å². The minimum Gasteiger partial charge on any atom is -0.322 e. The van der Waals surface area contributed by atoms with Gasteiger partial charge in [0.15, 0.2) is 0 Å². The normalized spacial score (nSPS) is 15.0. The topological polar surface area (TPSA) is 110 Å². The summed E-state index contributed by atoms with van der Waals surface area (Å²) in [6.07, 6.45) is 5.67. The number of carbonyl (C=O) groups is 1.